The van der Waals surface area contributed by atoms with Gasteiger partial charge in [-0.15, -0.1) is 0 Å². The first kappa shape index (κ1) is 16.6. The second-order valence-corrected chi connectivity index (χ2v) is 6.25. The minimum Gasteiger partial charge on any atom is -0.445 e. The zero-order valence-corrected chi connectivity index (χ0v) is 13.7. The Hall–Kier alpha value is -2.27. The molecule has 24 heavy (non-hydrogen) atoms. The van der Waals surface area contributed by atoms with Gasteiger partial charge in [-0.25, -0.2) is 9.18 Å². The number of ether oxygens (including phenoxy) is 1. The van der Waals surface area contributed by atoms with Gasteiger partial charge in [0.05, 0.1) is 10.7 Å². The van der Waals surface area contributed by atoms with Crippen molar-refractivity contribution in [3.05, 3.63) is 64.9 Å². The Morgan fingerprint density at radius 1 is 1.17 bits per heavy atom. The number of benzene rings is 2. The van der Waals surface area contributed by atoms with Crippen LogP contribution in [0.25, 0.3) is 0 Å². The van der Waals surface area contributed by atoms with Crippen LogP contribution in [0.4, 0.5) is 14.9 Å². The molecular formula is C18H18ClFN2O2. The molecule has 2 aromatic rings. The van der Waals surface area contributed by atoms with Gasteiger partial charge >= 0.3 is 6.09 Å². The van der Waals surface area contributed by atoms with Gasteiger partial charge in [-0.3, -0.25) is 0 Å². The lowest BCUT2D eigenvalue weighted by Gasteiger charge is -2.36. The molecule has 126 valence electrons. The molecule has 0 aromatic heterocycles. The lowest BCUT2D eigenvalue weighted by molar-refractivity contribution is 0.129. The first-order chi connectivity index (χ1) is 11.6. The van der Waals surface area contributed by atoms with Crippen LogP contribution < -0.4 is 10.6 Å². The minimum atomic E-state index is -0.415. The van der Waals surface area contributed by atoms with E-state index in [0.717, 1.165) is 18.4 Å². The number of anilines is 1. The van der Waals surface area contributed by atoms with Crippen LogP contribution in [0.15, 0.2) is 48.5 Å². The fourth-order valence-corrected chi connectivity index (χ4v) is 2.83. The first-order valence-electron chi connectivity index (χ1n) is 7.79. The average molecular weight is 349 g/mol. The number of rotatable bonds is 5. The zero-order chi connectivity index (χ0) is 16.9. The molecule has 1 aliphatic carbocycles. The summed E-state index contributed by atoms with van der Waals surface area (Å²) in [4.78, 5) is 11.8. The molecular weight excluding hydrogens is 331 g/mol. The third-order valence-electron chi connectivity index (χ3n) is 3.96. The van der Waals surface area contributed by atoms with E-state index in [1.807, 2.05) is 30.3 Å². The Bertz CT molecular complexity index is 705. The van der Waals surface area contributed by atoms with Gasteiger partial charge in [0.2, 0.25) is 0 Å². The van der Waals surface area contributed by atoms with E-state index in [1.54, 1.807) is 6.07 Å². The average Bonchev–Trinajstić information content (AvgIpc) is 2.54. The van der Waals surface area contributed by atoms with Gasteiger partial charge in [-0.2, -0.15) is 0 Å². The maximum Gasteiger partial charge on any atom is 0.407 e. The predicted molar refractivity (Wildman–Crippen MR) is 91.6 cm³/mol. The van der Waals surface area contributed by atoms with E-state index in [-0.39, 0.29) is 24.5 Å². The largest absolute Gasteiger partial charge is 0.445 e. The van der Waals surface area contributed by atoms with Gasteiger partial charge in [0.25, 0.3) is 0 Å². The Morgan fingerprint density at radius 2 is 1.92 bits per heavy atom. The number of hydrogen-bond donors (Lipinski definition) is 2. The molecule has 0 aliphatic heterocycles. The highest BCUT2D eigenvalue weighted by atomic mass is 35.5. The predicted octanol–water partition coefficient (Wildman–Crippen LogP) is 4.35. The molecule has 1 saturated carbocycles. The molecule has 1 fully saturated rings. The number of amides is 1. The number of nitrogens with one attached hydrogen (secondary N) is 2. The monoisotopic (exact) mass is 348 g/mol. The summed E-state index contributed by atoms with van der Waals surface area (Å²) in [5.74, 6) is -0.361. The summed E-state index contributed by atoms with van der Waals surface area (Å²) < 4.78 is 18.2. The van der Waals surface area contributed by atoms with Gasteiger partial charge in [-0.1, -0.05) is 41.9 Å². The molecule has 6 heteroatoms. The van der Waals surface area contributed by atoms with Crippen LogP contribution >= 0.6 is 11.6 Å². The Balaban J connectivity index is 1.38. The molecule has 0 unspecified atom stereocenters. The highest BCUT2D eigenvalue weighted by Gasteiger charge is 2.31. The zero-order valence-electron chi connectivity index (χ0n) is 13.0. The molecule has 0 atom stereocenters. The number of carbonyl (C=O) groups excluding carboxylic acids is 1. The number of alkyl carbamates (subject to hydrolysis) is 1. The minimum absolute atomic E-state index is 0.0741. The van der Waals surface area contributed by atoms with Crippen LogP contribution in [0.3, 0.4) is 0 Å². The van der Waals surface area contributed by atoms with Gasteiger partial charge in [0, 0.05) is 12.1 Å². The quantitative estimate of drug-likeness (QED) is 0.844. The summed E-state index contributed by atoms with van der Waals surface area (Å²) in [7, 11) is 0. The summed E-state index contributed by atoms with van der Waals surface area (Å²) in [6.45, 7) is 0.256. The number of carbonyl (C=O) groups is 1. The summed E-state index contributed by atoms with van der Waals surface area (Å²) in [5, 5.41) is 6.43. The topological polar surface area (TPSA) is 50.4 Å². The van der Waals surface area contributed by atoms with Crippen molar-refractivity contribution in [1.29, 1.82) is 0 Å². The van der Waals surface area contributed by atoms with E-state index >= 15 is 0 Å². The fraction of sp³-hybridized carbons (Fsp3) is 0.278. The molecule has 0 saturated heterocycles. The van der Waals surface area contributed by atoms with E-state index in [1.165, 1.54) is 12.1 Å². The SMILES string of the molecule is O=C(NC1CC(Nc2ccc(F)cc2Cl)C1)OCc1ccccc1. The van der Waals surface area contributed by atoms with Crippen LogP contribution in [0.2, 0.25) is 5.02 Å². The highest BCUT2D eigenvalue weighted by molar-refractivity contribution is 6.33. The summed E-state index contributed by atoms with van der Waals surface area (Å²) in [6.07, 6.45) is 1.13. The molecule has 0 bridgehead atoms. The molecule has 0 spiro atoms. The van der Waals surface area contributed by atoms with Crippen LogP contribution in [0.1, 0.15) is 18.4 Å². The van der Waals surface area contributed by atoms with Crippen molar-refractivity contribution >= 4 is 23.4 Å². The van der Waals surface area contributed by atoms with Gasteiger partial charge in [-0.05, 0) is 36.6 Å². The lowest BCUT2D eigenvalue weighted by Crippen LogP contribution is -2.49. The third-order valence-corrected chi connectivity index (χ3v) is 4.28. The van der Waals surface area contributed by atoms with E-state index < -0.39 is 6.09 Å². The van der Waals surface area contributed by atoms with Crippen LogP contribution in [0, 0.1) is 5.82 Å². The molecule has 0 heterocycles. The molecule has 0 radical (unpaired) electrons. The third kappa shape index (κ3) is 4.38. The van der Waals surface area contributed by atoms with Gasteiger partial charge in [0.15, 0.2) is 0 Å². The molecule has 4 nitrogen and oxygen atoms in total. The van der Waals surface area contributed by atoms with Crippen molar-refractivity contribution < 1.29 is 13.9 Å². The van der Waals surface area contributed by atoms with E-state index in [2.05, 4.69) is 10.6 Å². The highest BCUT2D eigenvalue weighted by Crippen LogP contribution is 2.29. The molecule has 3 rings (SSSR count). The Kier molecular flexibility index (Phi) is 5.20. The molecule has 2 aromatic carbocycles. The maximum absolute atomic E-state index is 13.0. The maximum atomic E-state index is 13.0. The van der Waals surface area contributed by atoms with E-state index in [9.17, 15) is 9.18 Å². The van der Waals surface area contributed by atoms with Crippen molar-refractivity contribution in [3.8, 4) is 0 Å². The fourth-order valence-electron chi connectivity index (χ4n) is 2.61. The van der Waals surface area contributed by atoms with Crippen molar-refractivity contribution in [2.45, 2.75) is 31.5 Å². The Morgan fingerprint density at radius 3 is 2.62 bits per heavy atom. The van der Waals surface area contributed by atoms with E-state index in [4.69, 9.17) is 16.3 Å². The van der Waals surface area contributed by atoms with E-state index in [0.29, 0.717) is 10.7 Å². The van der Waals surface area contributed by atoms with Crippen LogP contribution in [0.5, 0.6) is 0 Å². The van der Waals surface area contributed by atoms with Crippen molar-refractivity contribution in [2.75, 3.05) is 5.32 Å². The van der Waals surface area contributed by atoms with Crippen molar-refractivity contribution in [2.24, 2.45) is 0 Å². The number of hydrogen-bond acceptors (Lipinski definition) is 3. The smallest absolute Gasteiger partial charge is 0.407 e. The second kappa shape index (κ2) is 7.53. The second-order valence-electron chi connectivity index (χ2n) is 5.84. The first-order valence-corrected chi connectivity index (χ1v) is 8.17. The Labute approximate surface area is 145 Å². The van der Waals surface area contributed by atoms with Crippen molar-refractivity contribution in [1.82, 2.24) is 5.32 Å². The molecule has 1 amide bonds. The lowest BCUT2D eigenvalue weighted by atomic mass is 9.86. The normalized spacial score (nSPS) is 19.2. The van der Waals surface area contributed by atoms with Crippen LogP contribution in [-0.4, -0.2) is 18.2 Å². The van der Waals surface area contributed by atoms with Gasteiger partial charge in [0.1, 0.15) is 12.4 Å². The number of halogens is 2. The molecule has 1 aliphatic rings. The van der Waals surface area contributed by atoms with Crippen molar-refractivity contribution in [3.63, 3.8) is 0 Å². The summed E-state index contributed by atoms with van der Waals surface area (Å²) >= 11 is 5.98. The standard InChI is InChI=1S/C18H18ClFN2O2/c19-16-8-13(20)6-7-17(16)21-14-9-15(10-14)22-18(23)24-11-12-4-2-1-3-5-12/h1-8,14-15,21H,9-11H2,(H,22,23). The van der Waals surface area contributed by atoms with Gasteiger partial charge < -0.3 is 15.4 Å². The van der Waals surface area contributed by atoms with Crippen LogP contribution in [-0.2, 0) is 11.3 Å². The summed E-state index contributed by atoms with van der Waals surface area (Å²) in [6, 6.07) is 14.1. The summed E-state index contributed by atoms with van der Waals surface area (Å²) in [5.41, 5.74) is 1.65. The molecule has 2 N–H and O–H groups in total.